The van der Waals surface area contributed by atoms with Crippen LogP contribution in [0.2, 0.25) is 0 Å². The van der Waals surface area contributed by atoms with E-state index in [0.717, 1.165) is 44.9 Å². The van der Waals surface area contributed by atoms with Crippen molar-refractivity contribution in [2.24, 2.45) is 5.92 Å². The van der Waals surface area contributed by atoms with E-state index < -0.39 is 0 Å². The zero-order chi connectivity index (χ0) is 10.6. The van der Waals surface area contributed by atoms with E-state index in [0.29, 0.717) is 5.92 Å². The van der Waals surface area contributed by atoms with Gasteiger partial charge in [0, 0.05) is 32.6 Å². The fourth-order valence-corrected chi connectivity index (χ4v) is 1.66. The second-order valence-electron chi connectivity index (χ2n) is 4.67. The van der Waals surface area contributed by atoms with Crippen molar-refractivity contribution in [3.8, 4) is 0 Å². The molecular formula is C11H23N3. The standard InChI is InChI=1S/C11H23N3/c1-10(2)4-5-11(12)14-8-6-13(3)7-9-14/h10,12H,4-9H2,1-3H3. The molecule has 0 amide bonds. The summed E-state index contributed by atoms with van der Waals surface area (Å²) >= 11 is 0. The summed E-state index contributed by atoms with van der Waals surface area (Å²) in [5.41, 5.74) is 0. The minimum atomic E-state index is 0.711. The lowest BCUT2D eigenvalue weighted by Crippen LogP contribution is -2.46. The third-order valence-electron chi connectivity index (χ3n) is 2.84. The van der Waals surface area contributed by atoms with Crippen LogP contribution in [0.25, 0.3) is 0 Å². The van der Waals surface area contributed by atoms with E-state index in [1.807, 2.05) is 0 Å². The first kappa shape index (κ1) is 11.5. The fraction of sp³-hybridized carbons (Fsp3) is 0.909. The summed E-state index contributed by atoms with van der Waals surface area (Å²) in [6.07, 6.45) is 2.09. The van der Waals surface area contributed by atoms with Gasteiger partial charge in [-0.2, -0.15) is 0 Å². The average Bonchev–Trinajstić information content (AvgIpc) is 2.15. The van der Waals surface area contributed by atoms with Crippen molar-refractivity contribution in [2.45, 2.75) is 26.7 Å². The fourth-order valence-electron chi connectivity index (χ4n) is 1.66. The summed E-state index contributed by atoms with van der Waals surface area (Å²) in [6, 6.07) is 0. The number of hydrogen-bond acceptors (Lipinski definition) is 2. The second-order valence-corrected chi connectivity index (χ2v) is 4.67. The molecule has 0 aliphatic carbocycles. The van der Waals surface area contributed by atoms with Gasteiger partial charge in [0.15, 0.2) is 0 Å². The largest absolute Gasteiger partial charge is 0.358 e. The van der Waals surface area contributed by atoms with E-state index in [2.05, 4.69) is 30.7 Å². The number of nitrogens with zero attached hydrogens (tertiary/aromatic N) is 2. The van der Waals surface area contributed by atoms with Crippen LogP contribution in [0.1, 0.15) is 26.7 Å². The molecule has 1 fully saturated rings. The van der Waals surface area contributed by atoms with Crippen LogP contribution in [0, 0.1) is 11.3 Å². The highest BCUT2D eigenvalue weighted by atomic mass is 15.3. The topological polar surface area (TPSA) is 30.3 Å². The molecular weight excluding hydrogens is 174 g/mol. The molecule has 1 saturated heterocycles. The lowest BCUT2D eigenvalue weighted by Gasteiger charge is -2.34. The maximum Gasteiger partial charge on any atom is 0.0958 e. The number of piperazine rings is 1. The van der Waals surface area contributed by atoms with E-state index in [-0.39, 0.29) is 0 Å². The van der Waals surface area contributed by atoms with Crippen molar-refractivity contribution in [3.63, 3.8) is 0 Å². The number of amidine groups is 1. The van der Waals surface area contributed by atoms with Gasteiger partial charge in [-0.1, -0.05) is 13.8 Å². The molecule has 14 heavy (non-hydrogen) atoms. The number of rotatable bonds is 3. The molecule has 0 aromatic carbocycles. The molecule has 1 N–H and O–H groups in total. The maximum absolute atomic E-state index is 7.95. The Hall–Kier alpha value is -0.570. The molecule has 0 spiro atoms. The van der Waals surface area contributed by atoms with E-state index >= 15 is 0 Å². The summed E-state index contributed by atoms with van der Waals surface area (Å²) in [5.74, 6) is 1.55. The molecule has 0 saturated carbocycles. The minimum absolute atomic E-state index is 0.711. The highest BCUT2D eigenvalue weighted by Gasteiger charge is 2.15. The van der Waals surface area contributed by atoms with E-state index in [1.54, 1.807) is 0 Å². The Kier molecular flexibility index (Phi) is 4.39. The van der Waals surface area contributed by atoms with Crippen molar-refractivity contribution in [3.05, 3.63) is 0 Å². The smallest absolute Gasteiger partial charge is 0.0958 e. The molecule has 3 heteroatoms. The SMILES string of the molecule is CC(C)CCC(=N)N1CCN(C)CC1. The summed E-state index contributed by atoms with van der Waals surface area (Å²) in [6.45, 7) is 8.71. The van der Waals surface area contributed by atoms with Crippen molar-refractivity contribution in [1.29, 1.82) is 5.41 Å². The van der Waals surface area contributed by atoms with Crippen LogP contribution in [0.4, 0.5) is 0 Å². The van der Waals surface area contributed by atoms with Gasteiger partial charge in [-0.3, -0.25) is 5.41 Å². The molecule has 0 bridgehead atoms. The molecule has 0 aromatic rings. The Bertz CT molecular complexity index is 181. The molecule has 1 rings (SSSR count). The Morgan fingerprint density at radius 2 is 1.79 bits per heavy atom. The van der Waals surface area contributed by atoms with Gasteiger partial charge < -0.3 is 9.80 Å². The van der Waals surface area contributed by atoms with Gasteiger partial charge >= 0.3 is 0 Å². The molecule has 0 aromatic heterocycles. The quantitative estimate of drug-likeness (QED) is 0.551. The highest BCUT2D eigenvalue weighted by molar-refractivity contribution is 5.79. The number of likely N-dealkylation sites (N-methyl/N-ethyl adjacent to an activating group) is 1. The summed E-state index contributed by atoms with van der Waals surface area (Å²) in [4.78, 5) is 4.55. The van der Waals surface area contributed by atoms with Gasteiger partial charge in [-0.05, 0) is 19.4 Å². The van der Waals surface area contributed by atoms with Crippen LogP contribution in [0.3, 0.4) is 0 Å². The second kappa shape index (κ2) is 5.35. The van der Waals surface area contributed by atoms with Crippen molar-refractivity contribution in [2.75, 3.05) is 33.2 Å². The zero-order valence-electron chi connectivity index (χ0n) is 9.71. The Morgan fingerprint density at radius 3 is 2.29 bits per heavy atom. The van der Waals surface area contributed by atoms with Crippen molar-refractivity contribution in [1.82, 2.24) is 9.80 Å². The van der Waals surface area contributed by atoms with E-state index in [9.17, 15) is 0 Å². The van der Waals surface area contributed by atoms with Crippen LogP contribution in [-0.2, 0) is 0 Å². The van der Waals surface area contributed by atoms with Gasteiger partial charge in [0.05, 0.1) is 5.84 Å². The first-order valence-corrected chi connectivity index (χ1v) is 5.60. The zero-order valence-corrected chi connectivity index (χ0v) is 9.71. The third kappa shape index (κ3) is 3.66. The van der Waals surface area contributed by atoms with Crippen LogP contribution in [0.15, 0.2) is 0 Å². The van der Waals surface area contributed by atoms with Crippen molar-refractivity contribution >= 4 is 5.84 Å². The molecule has 3 nitrogen and oxygen atoms in total. The first-order valence-electron chi connectivity index (χ1n) is 5.60. The van der Waals surface area contributed by atoms with E-state index in [1.165, 1.54) is 0 Å². The van der Waals surface area contributed by atoms with Gasteiger partial charge in [0.25, 0.3) is 0 Å². The van der Waals surface area contributed by atoms with Gasteiger partial charge in [0.1, 0.15) is 0 Å². The predicted molar refractivity (Wildman–Crippen MR) is 60.9 cm³/mol. The average molecular weight is 197 g/mol. The normalized spacial score (nSPS) is 19.0. The van der Waals surface area contributed by atoms with Gasteiger partial charge in [-0.25, -0.2) is 0 Å². The molecule has 82 valence electrons. The Balaban J connectivity index is 2.24. The predicted octanol–water partition coefficient (Wildman–Crippen LogP) is 1.65. The Morgan fingerprint density at radius 1 is 1.21 bits per heavy atom. The third-order valence-corrected chi connectivity index (χ3v) is 2.84. The van der Waals surface area contributed by atoms with Crippen LogP contribution in [0.5, 0.6) is 0 Å². The number of hydrogen-bond donors (Lipinski definition) is 1. The molecule has 0 unspecified atom stereocenters. The first-order chi connectivity index (χ1) is 6.59. The number of nitrogens with one attached hydrogen (secondary N) is 1. The van der Waals surface area contributed by atoms with Gasteiger partial charge in [-0.15, -0.1) is 0 Å². The van der Waals surface area contributed by atoms with Crippen LogP contribution >= 0.6 is 0 Å². The Labute approximate surface area is 87.6 Å². The summed E-state index contributed by atoms with van der Waals surface area (Å²) in [7, 11) is 2.15. The van der Waals surface area contributed by atoms with E-state index in [4.69, 9.17) is 5.41 Å². The molecule has 1 aliphatic rings. The summed E-state index contributed by atoms with van der Waals surface area (Å²) in [5, 5.41) is 7.95. The van der Waals surface area contributed by atoms with Crippen LogP contribution < -0.4 is 0 Å². The maximum atomic E-state index is 7.95. The lowest BCUT2D eigenvalue weighted by molar-refractivity contribution is 0.212. The van der Waals surface area contributed by atoms with Gasteiger partial charge in [0.2, 0.25) is 0 Å². The lowest BCUT2D eigenvalue weighted by atomic mass is 10.1. The highest BCUT2D eigenvalue weighted by Crippen LogP contribution is 2.08. The summed E-state index contributed by atoms with van der Waals surface area (Å²) < 4.78 is 0. The molecule has 0 atom stereocenters. The molecule has 0 radical (unpaired) electrons. The minimum Gasteiger partial charge on any atom is -0.358 e. The molecule has 1 aliphatic heterocycles. The van der Waals surface area contributed by atoms with Crippen LogP contribution in [-0.4, -0.2) is 48.9 Å². The molecule has 1 heterocycles. The van der Waals surface area contributed by atoms with Crippen molar-refractivity contribution < 1.29 is 0 Å². The monoisotopic (exact) mass is 197 g/mol.